The van der Waals surface area contributed by atoms with Gasteiger partial charge in [0.1, 0.15) is 0 Å². The number of carbonyl (C=O) groups is 1. The summed E-state index contributed by atoms with van der Waals surface area (Å²) in [6.45, 7) is 3.28. The second-order valence-corrected chi connectivity index (χ2v) is 12.2. The molecule has 0 aliphatic carbocycles. The molecule has 1 aromatic heterocycles. The van der Waals surface area contributed by atoms with E-state index in [0.717, 1.165) is 54.7 Å². The molecule has 1 N–H and O–H groups in total. The predicted octanol–water partition coefficient (Wildman–Crippen LogP) is 8.64. The van der Waals surface area contributed by atoms with Crippen LogP contribution in [0.5, 0.6) is 0 Å². The molecule has 0 fully saturated rings. The number of nitrogens with one attached hydrogen (secondary N) is 1. The molecule has 0 saturated heterocycles. The van der Waals surface area contributed by atoms with Gasteiger partial charge in [0.15, 0.2) is 5.54 Å². The molecule has 4 nitrogen and oxygen atoms in total. The molecule has 5 aromatic carbocycles. The van der Waals surface area contributed by atoms with Crippen LogP contribution in [-0.4, -0.2) is 10.5 Å². The van der Waals surface area contributed by atoms with Crippen molar-refractivity contribution < 1.29 is 4.79 Å². The monoisotopic (exact) mass is 609 g/mol. The van der Waals surface area contributed by atoms with E-state index >= 15 is 4.79 Å². The fourth-order valence-corrected chi connectivity index (χ4v) is 7.17. The number of amides is 1. The van der Waals surface area contributed by atoms with Gasteiger partial charge in [-0.1, -0.05) is 119 Å². The molecule has 0 saturated carbocycles. The largest absolute Gasteiger partial charge is 0.363 e. The Morgan fingerprint density at radius 2 is 1.48 bits per heavy atom. The fraction of sp³-hybridized carbons (Fsp3) is 0.108. The number of anilines is 2. The molecular weight excluding hydrogens is 582 g/mol. The number of para-hydroxylation sites is 2. The van der Waals surface area contributed by atoms with E-state index in [4.69, 9.17) is 0 Å². The minimum absolute atomic E-state index is 0.0366. The van der Waals surface area contributed by atoms with Crippen LogP contribution in [0, 0.1) is 6.92 Å². The Bertz CT molecular complexity index is 2010. The van der Waals surface area contributed by atoms with Crippen LogP contribution in [0.2, 0.25) is 0 Å². The molecule has 2 aliphatic rings. The van der Waals surface area contributed by atoms with Gasteiger partial charge in [-0.25, -0.2) is 0 Å². The van der Waals surface area contributed by atoms with Gasteiger partial charge in [0.2, 0.25) is 0 Å². The third kappa shape index (κ3) is 3.63. The second-order valence-electron chi connectivity index (χ2n) is 11.3. The first-order chi connectivity index (χ1) is 20.5. The lowest BCUT2D eigenvalue weighted by Gasteiger charge is -2.37. The van der Waals surface area contributed by atoms with Gasteiger partial charge in [0.05, 0.1) is 17.9 Å². The zero-order chi connectivity index (χ0) is 28.4. The number of carbonyl (C=O) groups excluding carboxylic acids is 1. The topological polar surface area (TPSA) is 37.3 Å². The van der Waals surface area contributed by atoms with Gasteiger partial charge in [-0.2, -0.15) is 0 Å². The highest BCUT2D eigenvalue weighted by Gasteiger charge is 2.57. The number of benzene rings is 5. The average Bonchev–Trinajstić information content (AvgIpc) is 3.45. The van der Waals surface area contributed by atoms with Crippen LogP contribution >= 0.6 is 15.9 Å². The molecular formula is C37H28BrN3O. The lowest BCUT2D eigenvalue weighted by Crippen LogP contribution is -2.48. The molecule has 42 heavy (non-hydrogen) atoms. The average molecular weight is 611 g/mol. The predicted molar refractivity (Wildman–Crippen MR) is 174 cm³/mol. The molecule has 1 amide bonds. The van der Waals surface area contributed by atoms with Crippen molar-refractivity contribution in [3.05, 3.63) is 154 Å². The van der Waals surface area contributed by atoms with Crippen LogP contribution in [-0.2, 0) is 23.4 Å². The van der Waals surface area contributed by atoms with E-state index in [0.29, 0.717) is 13.1 Å². The van der Waals surface area contributed by atoms with Crippen molar-refractivity contribution >= 4 is 44.1 Å². The molecule has 2 aliphatic heterocycles. The summed E-state index contributed by atoms with van der Waals surface area (Å²) in [7, 11) is 0. The smallest absolute Gasteiger partial charge is 0.262 e. The highest BCUT2D eigenvalue weighted by Crippen LogP contribution is 2.56. The molecule has 3 heterocycles. The number of nitrogens with zero attached hydrogens (tertiary/aromatic N) is 2. The van der Waals surface area contributed by atoms with E-state index in [-0.39, 0.29) is 5.91 Å². The summed E-state index contributed by atoms with van der Waals surface area (Å²) in [5.41, 5.74) is 9.63. The maximum Gasteiger partial charge on any atom is 0.262 e. The molecule has 1 atom stereocenters. The van der Waals surface area contributed by atoms with E-state index in [1.54, 1.807) is 0 Å². The van der Waals surface area contributed by atoms with Crippen LogP contribution in [0.1, 0.15) is 27.8 Å². The Kier molecular flexibility index (Phi) is 5.66. The standard InChI is InChI=1S/C37H28BrN3O/c1-24-15-17-26(18-16-24)23-41-33-21-27(38)19-20-30(33)37(36(41)42)34-29-12-6-8-14-32(29)40(22-25-9-3-2-4-10-25)35(34)28-11-5-7-13-31(28)39-37/h2-21,39H,22-23H2,1H3. The summed E-state index contributed by atoms with van der Waals surface area (Å²) >= 11 is 3.70. The Morgan fingerprint density at radius 3 is 2.31 bits per heavy atom. The number of fused-ring (bicyclic) bond motifs is 8. The van der Waals surface area contributed by atoms with Crippen molar-refractivity contribution in [1.82, 2.24) is 4.57 Å². The first kappa shape index (κ1) is 25.1. The van der Waals surface area contributed by atoms with Crippen molar-refractivity contribution in [2.75, 3.05) is 10.2 Å². The Morgan fingerprint density at radius 1 is 0.762 bits per heavy atom. The SMILES string of the molecule is Cc1ccc(CN2C(=O)C3(Nc4ccccc4-c4c3c3ccccc3n4Cc3ccccc3)c3ccc(Br)cc32)cc1. The minimum atomic E-state index is -1.08. The number of aryl methyl sites for hydroxylation is 1. The van der Waals surface area contributed by atoms with Gasteiger partial charge in [0, 0.05) is 44.3 Å². The van der Waals surface area contributed by atoms with Gasteiger partial charge in [0.25, 0.3) is 5.91 Å². The molecule has 6 aromatic rings. The molecule has 0 bridgehead atoms. The van der Waals surface area contributed by atoms with Gasteiger partial charge in [-0.15, -0.1) is 0 Å². The maximum atomic E-state index is 15.1. The number of rotatable bonds is 4. The summed E-state index contributed by atoms with van der Waals surface area (Å²) in [6, 6.07) is 42.2. The lowest BCUT2D eigenvalue weighted by atomic mass is 9.77. The van der Waals surface area contributed by atoms with Crippen LogP contribution in [0.3, 0.4) is 0 Å². The number of halogens is 1. The van der Waals surface area contributed by atoms with E-state index in [1.165, 1.54) is 11.1 Å². The number of aromatic nitrogens is 1. The van der Waals surface area contributed by atoms with Crippen LogP contribution in [0.25, 0.3) is 22.2 Å². The lowest BCUT2D eigenvalue weighted by molar-refractivity contribution is -0.121. The molecule has 1 unspecified atom stereocenters. The van der Waals surface area contributed by atoms with Gasteiger partial charge < -0.3 is 14.8 Å². The van der Waals surface area contributed by atoms with Crippen molar-refractivity contribution in [3.8, 4) is 11.3 Å². The second kappa shape index (κ2) is 9.47. The van der Waals surface area contributed by atoms with Crippen molar-refractivity contribution in [2.45, 2.75) is 25.6 Å². The third-order valence-corrected chi connectivity index (χ3v) is 9.21. The van der Waals surface area contributed by atoms with Crippen molar-refractivity contribution in [1.29, 1.82) is 0 Å². The summed E-state index contributed by atoms with van der Waals surface area (Å²) in [5, 5.41) is 4.92. The summed E-state index contributed by atoms with van der Waals surface area (Å²) in [5.74, 6) is 0.0366. The van der Waals surface area contributed by atoms with E-state index in [1.807, 2.05) is 17.0 Å². The Hall–Kier alpha value is -4.61. The summed E-state index contributed by atoms with van der Waals surface area (Å²) in [4.78, 5) is 17.1. The highest BCUT2D eigenvalue weighted by molar-refractivity contribution is 9.10. The van der Waals surface area contributed by atoms with E-state index < -0.39 is 5.54 Å². The number of hydrogen-bond donors (Lipinski definition) is 1. The van der Waals surface area contributed by atoms with Gasteiger partial charge in [-0.05, 0) is 42.3 Å². The molecule has 204 valence electrons. The van der Waals surface area contributed by atoms with Crippen LogP contribution in [0.4, 0.5) is 11.4 Å². The van der Waals surface area contributed by atoms with Crippen molar-refractivity contribution in [2.24, 2.45) is 0 Å². The molecule has 1 spiro atoms. The third-order valence-electron chi connectivity index (χ3n) is 8.72. The molecule has 5 heteroatoms. The van der Waals surface area contributed by atoms with E-state index in [2.05, 4.69) is 142 Å². The summed E-state index contributed by atoms with van der Waals surface area (Å²) < 4.78 is 3.35. The first-order valence-corrected chi connectivity index (χ1v) is 15.0. The van der Waals surface area contributed by atoms with E-state index in [9.17, 15) is 0 Å². The van der Waals surface area contributed by atoms with Crippen LogP contribution in [0.15, 0.2) is 126 Å². The van der Waals surface area contributed by atoms with Gasteiger partial charge in [-0.3, -0.25) is 4.79 Å². The Labute approximate surface area is 253 Å². The zero-order valence-electron chi connectivity index (χ0n) is 23.1. The highest BCUT2D eigenvalue weighted by atomic mass is 79.9. The first-order valence-electron chi connectivity index (χ1n) is 14.3. The van der Waals surface area contributed by atoms with Crippen molar-refractivity contribution in [3.63, 3.8) is 0 Å². The Balaban J connectivity index is 1.42. The van der Waals surface area contributed by atoms with Gasteiger partial charge >= 0.3 is 0 Å². The maximum absolute atomic E-state index is 15.1. The molecule has 8 rings (SSSR count). The summed E-state index contributed by atoms with van der Waals surface area (Å²) in [6.07, 6.45) is 0. The quantitative estimate of drug-likeness (QED) is 0.217. The molecule has 0 radical (unpaired) electrons. The zero-order valence-corrected chi connectivity index (χ0v) is 24.7. The van der Waals surface area contributed by atoms with Crippen LogP contribution < -0.4 is 10.2 Å². The fourth-order valence-electron chi connectivity index (χ4n) is 6.82. The normalized spacial score (nSPS) is 16.8. The minimum Gasteiger partial charge on any atom is -0.363 e. The number of hydrogen-bond acceptors (Lipinski definition) is 2.